The van der Waals surface area contributed by atoms with Crippen molar-refractivity contribution in [3.8, 4) is 5.82 Å². The molecule has 1 fully saturated rings. The molecule has 0 bridgehead atoms. The summed E-state index contributed by atoms with van der Waals surface area (Å²) in [5.41, 5.74) is 0.633. The number of carbonyl (C=O) groups is 1. The Hall–Kier alpha value is -4.17. The van der Waals surface area contributed by atoms with Crippen molar-refractivity contribution < 1.29 is 26.7 Å². The molecule has 0 saturated carbocycles. The first-order valence-corrected chi connectivity index (χ1v) is 10.8. The molecule has 4 heterocycles. The number of alkyl halides is 3. The van der Waals surface area contributed by atoms with Crippen LogP contribution in [0.3, 0.4) is 0 Å². The number of anilines is 1. The van der Waals surface area contributed by atoms with Crippen LogP contribution in [0.25, 0.3) is 5.82 Å². The third-order valence-electron chi connectivity index (χ3n) is 5.77. The normalized spacial score (nSPS) is 18.2. The van der Waals surface area contributed by atoms with Gasteiger partial charge in [0.25, 0.3) is 5.82 Å². The van der Waals surface area contributed by atoms with Crippen LogP contribution in [0.4, 0.5) is 32.7 Å². The fourth-order valence-electron chi connectivity index (χ4n) is 3.99. The van der Waals surface area contributed by atoms with Gasteiger partial charge in [-0.25, -0.2) is 28.6 Å². The first-order valence-electron chi connectivity index (χ1n) is 10.8. The minimum atomic E-state index is -4.78. The van der Waals surface area contributed by atoms with Gasteiger partial charge in [-0.2, -0.15) is 27.9 Å². The van der Waals surface area contributed by atoms with Crippen molar-refractivity contribution in [3.63, 3.8) is 0 Å². The Labute approximate surface area is 200 Å². The number of hydrazone groups is 1. The summed E-state index contributed by atoms with van der Waals surface area (Å²) in [6.07, 6.45) is -1.16. The third-order valence-corrected chi connectivity index (χ3v) is 5.77. The molecule has 2 aromatic heterocycles. The topological polar surface area (TPSA) is 95.6 Å². The highest BCUT2D eigenvalue weighted by molar-refractivity contribution is 5.78. The van der Waals surface area contributed by atoms with Crippen molar-refractivity contribution >= 4 is 18.2 Å². The van der Waals surface area contributed by atoms with Crippen LogP contribution in [-0.4, -0.2) is 73.1 Å². The predicted molar refractivity (Wildman–Crippen MR) is 115 cm³/mol. The summed E-state index contributed by atoms with van der Waals surface area (Å²) in [7, 11) is 0. The van der Waals surface area contributed by atoms with Gasteiger partial charge in [0, 0.05) is 38.8 Å². The van der Waals surface area contributed by atoms with Gasteiger partial charge < -0.3 is 9.80 Å². The van der Waals surface area contributed by atoms with E-state index in [1.165, 1.54) is 17.1 Å². The average molecular weight is 507 g/mol. The lowest BCUT2D eigenvalue weighted by molar-refractivity contribution is -0.144. The van der Waals surface area contributed by atoms with Crippen LogP contribution >= 0.6 is 0 Å². The first kappa shape index (κ1) is 23.6. The van der Waals surface area contributed by atoms with Crippen molar-refractivity contribution in [2.45, 2.75) is 18.6 Å². The summed E-state index contributed by atoms with van der Waals surface area (Å²) < 4.78 is 66.9. The number of urea groups is 1. The van der Waals surface area contributed by atoms with Gasteiger partial charge in [-0.3, -0.25) is 0 Å². The first-order chi connectivity index (χ1) is 17.2. The number of carbonyl (C=O) groups excluding carboxylic acids is 1. The van der Waals surface area contributed by atoms with Crippen molar-refractivity contribution in [1.29, 1.82) is 0 Å². The van der Waals surface area contributed by atoms with Crippen LogP contribution in [-0.2, 0) is 6.18 Å². The molecule has 10 nitrogen and oxygen atoms in total. The predicted octanol–water partition coefficient (Wildman–Crippen LogP) is 3.03. The number of halogens is 5. The van der Waals surface area contributed by atoms with Gasteiger partial charge in [0.1, 0.15) is 12.1 Å². The fraction of sp³-hybridized carbons (Fsp3) is 0.333. The molecule has 0 radical (unpaired) electrons. The lowest BCUT2D eigenvalue weighted by atomic mass is 10.0. The van der Waals surface area contributed by atoms with Gasteiger partial charge in [0.05, 0.1) is 12.2 Å². The second kappa shape index (κ2) is 9.13. The van der Waals surface area contributed by atoms with E-state index < -0.39 is 35.5 Å². The van der Waals surface area contributed by atoms with Gasteiger partial charge in [-0.1, -0.05) is 12.1 Å². The van der Waals surface area contributed by atoms with Crippen LogP contribution < -0.4 is 4.90 Å². The molecule has 1 saturated heterocycles. The average Bonchev–Trinajstić information content (AvgIpc) is 3.54. The Morgan fingerprint density at radius 1 is 1.06 bits per heavy atom. The van der Waals surface area contributed by atoms with Crippen molar-refractivity contribution in [1.82, 2.24) is 34.6 Å². The zero-order valence-corrected chi connectivity index (χ0v) is 18.5. The monoisotopic (exact) mass is 507 g/mol. The number of benzene rings is 1. The second-order valence-corrected chi connectivity index (χ2v) is 8.06. The molecule has 2 aliphatic heterocycles. The highest BCUT2D eigenvalue weighted by Crippen LogP contribution is 2.30. The summed E-state index contributed by atoms with van der Waals surface area (Å²) in [6, 6.07) is 5.24. The Morgan fingerprint density at radius 3 is 2.53 bits per heavy atom. The quantitative estimate of drug-likeness (QED) is 0.506. The van der Waals surface area contributed by atoms with Gasteiger partial charge >= 0.3 is 12.2 Å². The Bertz CT molecular complexity index is 1300. The van der Waals surface area contributed by atoms with Gasteiger partial charge in [-0.05, 0) is 17.7 Å². The molecule has 2 aliphatic rings. The maximum absolute atomic E-state index is 14.3. The van der Waals surface area contributed by atoms with Crippen LogP contribution in [0.15, 0.2) is 41.9 Å². The summed E-state index contributed by atoms with van der Waals surface area (Å²) in [5, 5.41) is 8.74. The van der Waals surface area contributed by atoms with Crippen molar-refractivity contribution in [3.05, 3.63) is 59.8 Å². The SMILES string of the molecule is O=C(N1CCN(c2ncc(F)c(-n3cnc(C(F)(F)F)n3)n2)CC1)N1N=CCC1c1cccc(F)c1. The number of aromatic nitrogens is 5. The molecule has 1 atom stereocenters. The molecule has 3 aromatic rings. The minimum Gasteiger partial charge on any atom is -0.337 e. The van der Waals surface area contributed by atoms with E-state index in [4.69, 9.17) is 0 Å². The molecule has 0 aliphatic carbocycles. The standard InChI is InChI=1S/C21H18F5N9O/c22-14-3-1-2-13(10-14)16-4-5-29-35(16)20(36)33-8-6-32(7-9-33)19-27-11-15(23)17(30-19)34-12-28-18(31-34)21(24,25)26/h1-3,5,10-12,16H,4,6-9H2. The summed E-state index contributed by atoms with van der Waals surface area (Å²) in [5.74, 6) is -3.21. The number of nitrogens with zero attached hydrogens (tertiary/aromatic N) is 9. The zero-order valence-electron chi connectivity index (χ0n) is 18.5. The Morgan fingerprint density at radius 2 is 1.83 bits per heavy atom. The van der Waals surface area contributed by atoms with E-state index in [0.717, 1.165) is 12.5 Å². The smallest absolute Gasteiger partial charge is 0.337 e. The number of hydrogen-bond acceptors (Lipinski definition) is 7. The molecule has 0 spiro atoms. The summed E-state index contributed by atoms with van der Waals surface area (Å²) in [6.45, 7) is 1.09. The molecule has 15 heteroatoms. The number of piperazine rings is 1. The third kappa shape index (κ3) is 4.55. The molecule has 5 rings (SSSR count). The molecule has 2 amide bonds. The van der Waals surface area contributed by atoms with Crippen molar-refractivity contribution in [2.24, 2.45) is 5.10 Å². The molecule has 188 valence electrons. The molecular weight excluding hydrogens is 489 g/mol. The maximum atomic E-state index is 14.3. The molecule has 0 N–H and O–H groups in total. The van der Waals surface area contributed by atoms with E-state index in [2.05, 4.69) is 25.2 Å². The minimum absolute atomic E-state index is 0.0689. The maximum Gasteiger partial charge on any atom is 0.453 e. The molecule has 36 heavy (non-hydrogen) atoms. The lowest BCUT2D eigenvalue weighted by Gasteiger charge is -2.37. The molecule has 1 unspecified atom stereocenters. The van der Waals surface area contributed by atoms with E-state index in [0.29, 0.717) is 16.7 Å². The van der Waals surface area contributed by atoms with E-state index in [-0.39, 0.29) is 38.2 Å². The van der Waals surface area contributed by atoms with Crippen LogP contribution in [0.5, 0.6) is 0 Å². The number of amides is 2. The molecule has 1 aromatic carbocycles. The van der Waals surface area contributed by atoms with Crippen LogP contribution in [0.2, 0.25) is 0 Å². The van der Waals surface area contributed by atoms with Gasteiger partial charge in [-0.15, -0.1) is 5.10 Å². The van der Waals surface area contributed by atoms with E-state index >= 15 is 0 Å². The summed E-state index contributed by atoms with van der Waals surface area (Å²) in [4.78, 5) is 27.5. The van der Waals surface area contributed by atoms with Gasteiger partial charge in [0.15, 0.2) is 11.6 Å². The highest BCUT2D eigenvalue weighted by atomic mass is 19.4. The largest absolute Gasteiger partial charge is 0.453 e. The highest BCUT2D eigenvalue weighted by Gasteiger charge is 2.37. The molecular formula is C21H18F5N9O. The fourth-order valence-corrected chi connectivity index (χ4v) is 3.99. The van der Waals surface area contributed by atoms with Gasteiger partial charge in [0.2, 0.25) is 5.95 Å². The lowest BCUT2D eigenvalue weighted by Crippen LogP contribution is -2.52. The van der Waals surface area contributed by atoms with E-state index in [9.17, 15) is 26.7 Å². The summed E-state index contributed by atoms with van der Waals surface area (Å²) >= 11 is 0. The number of rotatable bonds is 3. The Kier molecular flexibility index (Phi) is 5.97. The van der Waals surface area contributed by atoms with E-state index in [1.807, 2.05) is 0 Å². The zero-order chi connectivity index (χ0) is 25.4. The van der Waals surface area contributed by atoms with E-state index in [1.54, 1.807) is 28.1 Å². The van der Waals surface area contributed by atoms with Crippen molar-refractivity contribution in [2.75, 3.05) is 31.1 Å². The number of hydrogen-bond donors (Lipinski definition) is 0. The van der Waals surface area contributed by atoms with Crippen LogP contribution in [0.1, 0.15) is 23.9 Å². The van der Waals surface area contributed by atoms with Crippen LogP contribution in [0, 0.1) is 11.6 Å². The second-order valence-electron chi connectivity index (χ2n) is 8.06. The Balaban J connectivity index is 1.27.